The minimum Gasteiger partial charge on any atom is -0.429 e. The quantitative estimate of drug-likeness (QED) is 0.277. The van der Waals surface area contributed by atoms with Gasteiger partial charge >= 0.3 is 0 Å². The molecule has 0 unspecified atom stereocenters. The fourth-order valence-electron chi connectivity index (χ4n) is 3.63. The van der Waals surface area contributed by atoms with Crippen molar-refractivity contribution in [3.63, 3.8) is 0 Å². The number of thiol groups is 1. The lowest BCUT2D eigenvalue weighted by Gasteiger charge is -2.33. The van der Waals surface area contributed by atoms with Gasteiger partial charge in [0, 0.05) is 12.9 Å². The maximum atomic E-state index is 5.41. The minimum atomic E-state index is 0.105. The second kappa shape index (κ2) is 9.69. The van der Waals surface area contributed by atoms with E-state index < -0.39 is 0 Å². The molecule has 0 aliphatic rings. The summed E-state index contributed by atoms with van der Waals surface area (Å²) in [5.41, 5.74) is 5.70. The highest BCUT2D eigenvalue weighted by molar-refractivity contribution is 7.75. The monoisotopic (exact) mass is 374 g/mol. The second-order valence-electron chi connectivity index (χ2n) is 9.61. The zero-order chi connectivity index (χ0) is 20.0. The summed E-state index contributed by atoms with van der Waals surface area (Å²) in [4.78, 5) is 0. The molecule has 1 aromatic carbocycles. The lowest BCUT2D eigenvalue weighted by molar-refractivity contribution is 0.284. The van der Waals surface area contributed by atoms with Crippen LogP contribution in [0.2, 0.25) is 0 Å². The molecule has 0 bridgehead atoms. The molecule has 0 atom stereocenters. The van der Waals surface area contributed by atoms with Crippen LogP contribution in [0.25, 0.3) is 0 Å². The van der Waals surface area contributed by atoms with E-state index in [1.165, 1.54) is 22.3 Å². The van der Waals surface area contributed by atoms with Crippen LogP contribution in [-0.2, 0) is 11.8 Å². The van der Waals surface area contributed by atoms with Gasteiger partial charge in [0.1, 0.15) is 5.75 Å². The fourth-order valence-corrected chi connectivity index (χ4v) is 3.80. The third-order valence-corrected chi connectivity index (χ3v) is 4.88. The molecule has 1 nitrogen and oxygen atoms in total. The van der Waals surface area contributed by atoms with Crippen LogP contribution in [0.15, 0.2) is 41.5 Å². The Labute approximate surface area is 167 Å². The molecule has 0 saturated heterocycles. The van der Waals surface area contributed by atoms with Crippen LogP contribution in [0.3, 0.4) is 0 Å². The van der Waals surface area contributed by atoms with Crippen molar-refractivity contribution in [3.05, 3.63) is 52.6 Å². The molecule has 0 aliphatic heterocycles. The van der Waals surface area contributed by atoms with Gasteiger partial charge in [0.05, 0.1) is 0 Å². The topological polar surface area (TPSA) is 9.23 Å². The third-order valence-electron chi connectivity index (χ3n) is 4.68. The van der Waals surface area contributed by atoms with Crippen LogP contribution in [0, 0.1) is 5.41 Å². The molecule has 0 saturated carbocycles. The first-order valence-electron chi connectivity index (χ1n) is 9.68. The summed E-state index contributed by atoms with van der Waals surface area (Å²) in [6.45, 7) is 18.0. The molecule has 0 spiro atoms. The summed E-state index contributed by atoms with van der Waals surface area (Å²) in [6, 6.07) is 6.62. The second-order valence-corrected chi connectivity index (χ2v) is 9.79. The first kappa shape index (κ1) is 22.9. The summed E-state index contributed by atoms with van der Waals surface area (Å²) in [5.74, 6) is 0.876. The van der Waals surface area contributed by atoms with Crippen molar-refractivity contribution in [2.24, 2.45) is 5.41 Å². The molecule has 0 fully saturated rings. The minimum absolute atomic E-state index is 0.105. The summed E-state index contributed by atoms with van der Waals surface area (Å²) in [6.07, 6.45) is 8.83. The van der Waals surface area contributed by atoms with Crippen molar-refractivity contribution in [2.45, 2.75) is 86.5 Å². The lowest BCUT2D eigenvalue weighted by atomic mass is 9.72. The fraction of sp³-hybridized carbons (Fsp3) is 0.583. The van der Waals surface area contributed by atoms with E-state index in [0.29, 0.717) is 0 Å². The molecule has 1 rings (SSSR count). The van der Waals surface area contributed by atoms with Crippen LogP contribution in [0.1, 0.15) is 85.8 Å². The molecule has 0 aromatic heterocycles. The molecule has 0 N–H and O–H groups in total. The maximum absolute atomic E-state index is 5.41. The molecule has 0 aliphatic carbocycles. The van der Waals surface area contributed by atoms with E-state index in [2.05, 4.69) is 98.7 Å². The molecule has 2 heteroatoms. The lowest BCUT2D eigenvalue weighted by Crippen LogP contribution is -2.24. The number of hydrogen-bond donors (Lipinski definition) is 1. The molecular formula is C24H38OS. The van der Waals surface area contributed by atoms with Gasteiger partial charge in [-0.25, -0.2) is 0 Å². The van der Waals surface area contributed by atoms with Gasteiger partial charge in [0.15, 0.2) is 0 Å². The van der Waals surface area contributed by atoms with Crippen molar-refractivity contribution >= 4 is 12.9 Å². The Bertz CT molecular complexity index is 641. The van der Waals surface area contributed by atoms with Gasteiger partial charge in [-0.1, -0.05) is 70.0 Å². The average Bonchev–Trinajstić information content (AvgIpc) is 2.50. The number of benzene rings is 1. The van der Waals surface area contributed by atoms with Crippen LogP contribution >= 0.6 is 12.9 Å². The van der Waals surface area contributed by atoms with Crippen LogP contribution in [-0.4, -0.2) is 0 Å². The van der Waals surface area contributed by atoms with E-state index in [9.17, 15) is 0 Å². The molecule has 26 heavy (non-hydrogen) atoms. The van der Waals surface area contributed by atoms with Crippen molar-refractivity contribution < 1.29 is 4.18 Å². The molecule has 0 amide bonds. The largest absolute Gasteiger partial charge is 0.429 e. The van der Waals surface area contributed by atoms with Gasteiger partial charge in [-0.05, 0) is 74.5 Å². The smallest absolute Gasteiger partial charge is 0.140 e. The van der Waals surface area contributed by atoms with Gasteiger partial charge < -0.3 is 4.18 Å². The van der Waals surface area contributed by atoms with Crippen LogP contribution in [0.4, 0.5) is 0 Å². The molecule has 146 valence electrons. The van der Waals surface area contributed by atoms with Crippen molar-refractivity contribution in [3.8, 4) is 5.75 Å². The highest BCUT2D eigenvalue weighted by Crippen LogP contribution is 2.38. The van der Waals surface area contributed by atoms with Crippen LogP contribution in [0.5, 0.6) is 5.75 Å². The molecule has 1 aromatic rings. The predicted molar refractivity (Wildman–Crippen MR) is 119 cm³/mol. The van der Waals surface area contributed by atoms with Gasteiger partial charge in [0.25, 0.3) is 0 Å². The number of hydrogen-bond acceptors (Lipinski definition) is 2. The van der Waals surface area contributed by atoms with E-state index in [1.807, 2.05) is 0 Å². The van der Waals surface area contributed by atoms with E-state index in [-0.39, 0.29) is 10.8 Å². The van der Waals surface area contributed by atoms with Gasteiger partial charge in [-0.2, -0.15) is 0 Å². The Balaban J connectivity index is 2.91. The normalized spacial score (nSPS) is 12.9. The Morgan fingerprint density at radius 3 is 2.23 bits per heavy atom. The first-order chi connectivity index (χ1) is 11.9. The Morgan fingerprint density at radius 2 is 1.69 bits per heavy atom. The summed E-state index contributed by atoms with van der Waals surface area (Å²) in [5, 5.41) is 0. The highest BCUT2D eigenvalue weighted by atomic mass is 32.1. The molecular weight excluding hydrogens is 336 g/mol. The van der Waals surface area contributed by atoms with Gasteiger partial charge in [-0.3, -0.25) is 0 Å². The Hall–Kier alpha value is -1.15. The SMILES string of the molecule is CC(C)=CCC/C(C)=C/Cc1ccc(C(C)(C)CC(C)(C)C)cc1OS. The predicted octanol–water partition coefficient (Wildman–Crippen LogP) is 7.86. The zero-order valence-corrected chi connectivity index (χ0v) is 19.0. The average molecular weight is 375 g/mol. The molecule has 0 radical (unpaired) electrons. The summed E-state index contributed by atoms with van der Waals surface area (Å²) in [7, 11) is 0. The van der Waals surface area contributed by atoms with Crippen molar-refractivity contribution in [1.29, 1.82) is 0 Å². The summed E-state index contributed by atoms with van der Waals surface area (Å²) < 4.78 is 5.41. The summed E-state index contributed by atoms with van der Waals surface area (Å²) >= 11 is 4.10. The van der Waals surface area contributed by atoms with Gasteiger partial charge in [0.2, 0.25) is 0 Å². The van der Waals surface area contributed by atoms with E-state index in [1.54, 1.807) is 0 Å². The maximum Gasteiger partial charge on any atom is 0.140 e. The standard InChI is InChI=1S/C24H38OS/c1-18(2)10-9-11-19(3)12-13-20-14-15-21(16-22(20)25-26)24(7,8)17-23(4,5)6/h10,12,14-16,26H,9,11,13,17H2,1-8H3/b19-12+. The van der Waals surface area contributed by atoms with Gasteiger partial charge in [-0.15, -0.1) is 0 Å². The third kappa shape index (κ3) is 8.03. The Morgan fingerprint density at radius 1 is 1.04 bits per heavy atom. The van der Waals surface area contributed by atoms with E-state index >= 15 is 0 Å². The molecule has 0 heterocycles. The highest BCUT2D eigenvalue weighted by Gasteiger charge is 2.27. The van der Waals surface area contributed by atoms with E-state index in [4.69, 9.17) is 4.18 Å². The van der Waals surface area contributed by atoms with E-state index in [0.717, 1.165) is 31.4 Å². The number of allylic oxidation sites excluding steroid dienone is 4. The first-order valence-corrected chi connectivity index (χ1v) is 10.0. The Kier molecular flexibility index (Phi) is 8.53. The number of rotatable bonds is 8. The van der Waals surface area contributed by atoms with Crippen molar-refractivity contribution in [1.82, 2.24) is 0 Å². The zero-order valence-electron chi connectivity index (χ0n) is 18.1. The van der Waals surface area contributed by atoms with Crippen molar-refractivity contribution in [2.75, 3.05) is 0 Å². The van der Waals surface area contributed by atoms with Crippen LogP contribution < -0.4 is 4.18 Å².